The summed E-state index contributed by atoms with van der Waals surface area (Å²) in [6.45, 7) is 6.59. The molecule has 0 saturated heterocycles. The maximum atomic E-state index is 12.8. The van der Waals surface area contributed by atoms with E-state index >= 15 is 0 Å². The van der Waals surface area contributed by atoms with Crippen LogP contribution in [0.15, 0.2) is 36.5 Å². The molecule has 0 radical (unpaired) electrons. The van der Waals surface area contributed by atoms with Gasteiger partial charge in [0, 0.05) is 19.3 Å². The summed E-state index contributed by atoms with van der Waals surface area (Å²) in [5, 5.41) is 0. The monoisotopic (exact) mass is 857 g/mol. The van der Waals surface area contributed by atoms with Crippen LogP contribution < -0.4 is 0 Å². The molecule has 6 heteroatoms. The molecule has 0 aromatic heterocycles. The van der Waals surface area contributed by atoms with Crippen LogP contribution in [0.2, 0.25) is 0 Å². The van der Waals surface area contributed by atoms with Gasteiger partial charge in [-0.05, 0) is 70.6 Å². The number of ether oxygens (including phenoxy) is 3. The van der Waals surface area contributed by atoms with Crippen LogP contribution in [0.5, 0.6) is 0 Å². The van der Waals surface area contributed by atoms with E-state index in [9.17, 15) is 14.4 Å². The zero-order valence-corrected chi connectivity index (χ0v) is 40.7. The third-order valence-electron chi connectivity index (χ3n) is 11.6. The maximum absolute atomic E-state index is 12.8. The van der Waals surface area contributed by atoms with Crippen molar-refractivity contribution in [2.24, 2.45) is 0 Å². The molecule has 0 heterocycles. The van der Waals surface area contributed by atoms with Gasteiger partial charge in [-0.25, -0.2) is 0 Å². The van der Waals surface area contributed by atoms with Gasteiger partial charge in [-0.15, -0.1) is 0 Å². The predicted molar refractivity (Wildman–Crippen MR) is 261 cm³/mol. The van der Waals surface area contributed by atoms with Crippen molar-refractivity contribution in [3.05, 3.63) is 36.5 Å². The van der Waals surface area contributed by atoms with Gasteiger partial charge < -0.3 is 14.2 Å². The minimum absolute atomic E-state index is 0.0741. The molecule has 0 N–H and O–H groups in total. The molecule has 0 aliphatic heterocycles. The van der Waals surface area contributed by atoms with E-state index < -0.39 is 6.10 Å². The molecular weight excluding hydrogens is 757 g/mol. The van der Waals surface area contributed by atoms with Crippen LogP contribution in [-0.2, 0) is 28.6 Å². The minimum atomic E-state index is -0.772. The first-order valence-corrected chi connectivity index (χ1v) is 26.5. The number of allylic oxidation sites excluding steroid dienone is 6. The van der Waals surface area contributed by atoms with Gasteiger partial charge in [-0.3, -0.25) is 14.4 Å². The molecule has 0 unspecified atom stereocenters. The molecule has 0 aromatic carbocycles. The molecule has 0 amide bonds. The molecule has 61 heavy (non-hydrogen) atoms. The molecule has 1 atom stereocenters. The fourth-order valence-electron chi connectivity index (χ4n) is 7.57. The van der Waals surface area contributed by atoms with E-state index in [2.05, 4.69) is 57.2 Å². The van der Waals surface area contributed by atoms with Crippen molar-refractivity contribution >= 4 is 17.9 Å². The lowest BCUT2D eigenvalue weighted by atomic mass is 10.0. The first-order valence-electron chi connectivity index (χ1n) is 26.5. The standard InChI is InChI=1S/C55H100O6/c1-4-7-10-13-16-19-22-24-25-26-27-28-29-31-33-36-39-42-45-48-54(57)60-51-52(50-59-53(56)47-44-41-38-35-32-21-18-15-12-9-6-3)61-55(58)49-46-43-40-37-34-30-23-20-17-14-11-8-5-2/h15-16,18-19,24-25,52H,4-14,17,20-23,26-51H2,1-3H3/b18-15-,19-16-,25-24-/t52-/m0/s1. The van der Waals surface area contributed by atoms with Crippen LogP contribution in [0.25, 0.3) is 0 Å². The van der Waals surface area contributed by atoms with E-state index in [4.69, 9.17) is 14.2 Å². The van der Waals surface area contributed by atoms with Crippen molar-refractivity contribution < 1.29 is 28.6 Å². The van der Waals surface area contributed by atoms with Gasteiger partial charge in [0.25, 0.3) is 0 Å². The topological polar surface area (TPSA) is 78.9 Å². The highest BCUT2D eigenvalue weighted by Gasteiger charge is 2.19. The quantitative estimate of drug-likeness (QED) is 0.0262. The molecular formula is C55H100O6. The fraction of sp³-hybridized carbons (Fsp3) is 0.836. The summed E-state index contributed by atoms with van der Waals surface area (Å²) < 4.78 is 16.8. The van der Waals surface area contributed by atoms with Gasteiger partial charge in [0.15, 0.2) is 6.10 Å². The summed E-state index contributed by atoms with van der Waals surface area (Å²) in [4.78, 5) is 37.9. The van der Waals surface area contributed by atoms with Crippen LogP contribution in [0, 0.1) is 0 Å². The SMILES string of the molecule is CCCC/C=C\CCCCCCCC(=O)OC[C@@H](COC(=O)CCCCCCCCCCC/C=C\C/C=C\CCCCC)OC(=O)CCCCCCCCCCCCCCC. The summed E-state index contributed by atoms with van der Waals surface area (Å²) in [5.41, 5.74) is 0. The summed E-state index contributed by atoms with van der Waals surface area (Å²) >= 11 is 0. The summed E-state index contributed by atoms with van der Waals surface area (Å²) in [6, 6.07) is 0. The molecule has 0 aliphatic carbocycles. The van der Waals surface area contributed by atoms with Crippen LogP contribution in [-0.4, -0.2) is 37.2 Å². The number of unbranched alkanes of at least 4 members (excludes halogenated alkanes) is 31. The smallest absolute Gasteiger partial charge is 0.306 e. The second kappa shape index (κ2) is 50.3. The Morgan fingerprint density at radius 2 is 0.607 bits per heavy atom. The predicted octanol–water partition coefficient (Wildman–Crippen LogP) is 17.3. The number of carbonyl (C=O) groups excluding carboxylic acids is 3. The zero-order valence-electron chi connectivity index (χ0n) is 40.7. The Hall–Kier alpha value is -2.37. The molecule has 0 bridgehead atoms. The van der Waals surface area contributed by atoms with Gasteiger partial charge >= 0.3 is 17.9 Å². The Labute approximate surface area is 378 Å². The molecule has 0 rings (SSSR count). The number of hydrogen-bond acceptors (Lipinski definition) is 6. The highest BCUT2D eigenvalue weighted by atomic mass is 16.6. The second-order valence-electron chi connectivity index (χ2n) is 17.8. The van der Waals surface area contributed by atoms with E-state index in [1.165, 1.54) is 167 Å². The normalized spacial score (nSPS) is 12.2. The average Bonchev–Trinajstić information content (AvgIpc) is 3.26. The van der Waals surface area contributed by atoms with Crippen LogP contribution in [0.3, 0.4) is 0 Å². The van der Waals surface area contributed by atoms with Crippen molar-refractivity contribution in [1.29, 1.82) is 0 Å². The summed E-state index contributed by atoms with van der Waals surface area (Å²) in [7, 11) is 0. The summed E-state index contributed by atoms with van der Waals surface area (Å²) in [6.07, 6.45) is 58.4. The molecule has 0 fully saturated rings. The Bertz CT molecular complexity index is 1030. The lowest BCUT2D eigenvalue weighted by Crippen LogP contribution is -2.30. The Morgan fingerprint density at radius 3 is 1.00 bits per heavy atom. The molecule has 6 nitrogen and oxygen atoms in total. The van der Waals surface area contributed by atoms with Crippen molar-refractivity contribution in [2.75, 3.05) is 13.2 Å². The first kappa shape index (κ1) is 58.6. The van der Waals surface area contributed by atoms with Gasteiger partial charge in [-0.2, -0.15) is 0 Å². The van der Waals surface area contributed by atoms with E-state index in [0.29, 0.717) is 19.3 Å². The van der Waals surface area contributed by atoms with Gasteiger partial charge in [0.05, 0.1) is 0 Å². The average molecular weight is 857 g/mol. The minimum Gasteiger partial charge on any atom is -0.462 e. The molecule has 0 aromatic rings. The van der Waals surface area contributed by atoms with Crippen molar-refractivity contribution in [3.8, 4) is 0 Å². The highest BCUT2D eigenvalue weighted by molar-refractivity contribution is 5.71. The van der Waals surface area contributed by atoms with Crippen LogP contribution in [0.1, 0.15) is 278 Å². The zero-order chi connectivity index (χ0) is 44.4. The molecule has 0 aliphatic rings. The van der Waals surface area contributed by atoms with Gasteiger partial charge in [-0.1, -0.05) is 224 Å². The van der Waals surface area contributed by atoms with E-state index in [0.717, 1.165) is 70.6 Å². The van der Waals surface area contributed by atoms with Crippen molar-refractivity contribution in [3.63, 3.8) is 0 Å². The van der Waals surface area contributed by atoms with Crippen LogP contribution >= 0.6 is 0 Å². The fourth-order valence-corrected chi connectivity index (χ4v) is 7.57. The van der Waals surface area contributed by atoms with Gasteiger partial charge in [0.2, 0.25) is 0 Å². The largest absolute Gasteiger partial charge is 0.462 e. The number of hydrogen-bond donors (Lipinski definition) is 0. The van der Waals surface area contributed by atoms with E-state index in [1.807, 2.05) is 0 Å². The number of carbonyl (C=O) groups is 3. The second-order valence-corrected chi connectivity index (χ2v) is 17.8. The maximum Gasteiger partial charge on any atom is 0.306 e. The lowest BCUT2D eigenvalue weighted by molar-refractivity contribution is -0.167. The Morgan fingerprint density at radius 1 is 0.328 bits per heavy atom. The molecule has 356 valence electrons. The van der Waals surface area contributed by atoms with Crippen molar-refractivity contribution in [1.82, 2.24) is 0 Å². The van der Waals surface area contributed by atoms with Gasteiger partial charge in [0.1, 0.15) is 13.2 Å². The van der Waals surface area contributed by atoms with Crippen molar-refractivity contribution in [2.45, 2.75) is 284 Å². The summed E-state index contributed by atoms with van der Waals surface area (Å²) in [5.74, 6) is -0.877. The molecule has 0 spiro atoms. The highest BCUT2D eigenvalue weighted by Crippen LogP contribution is 2.16. The Kier molecular flexibility index (Phi) is 48.3. The lowest BCUT2D eigenvalue weighted by Gasteiger charge is -2.18. The third-order valence-corrected chi connectivity index (χ3v) is 11.6. The first-order chi connectivity index (χ1) is 30.0. The Balaban J connectivity index is 4.30. The molecule has 0 saturated carbocycles. The van der Waals surface area contributed by atoms with E-state index in [1.54, 1.807) is 0 Å². The third kappa shape index (κ3) is 48.5. The number of rotatable bonds is 48. The number of esters is 3. The van der Waals surface area contributed by atoms with E-state index in [-0.39, 0.29) is 31.1 Å². The van der Waals surface area contributed by atoms with Crippen LogP contribution in [0.4, 0.5) is 0 Å².